The second-order valence-corrected chi connectivity index (χ2v) is 7.99. The molecule has 23 heavy (non-hydrogen) atoms. The molecule has 5 heteroatoms. The van der Waals surface area contributed by atoms with Crippen molar-refractivity contribution in [1.82, 2.24) is 4.90 Å². The van der Waals surface area contributed by atoms with Gasteiger partial charge in [0.15, 0.2) is 9.84 Å². The van der Waals surface area contributed by atoms with Crippen LogP contribution in [0.3, 0.4) is 0 Å². The number of hydrogen-bond donors (Lipinski definition) is 0. The Morgan fingerprint density at radius 3 is 2.61 bits per heavy atom. The minimum absolute atomic E-state index is 0.0422. The molecule has 0 heterocycles. The molecule has 0 radical (unpaired) electrons. The SMILES string of the molecule is CN(C(=O)c1cccc(S(C)(=O)=O)c1)[C@@H]1CCc2ccccc21. The van der Waals surface area contributed by atoms with E-state index in [1.807, 2.05) is 12.1 Å². The van der Waals surface area contributed by atoms with Gasteiger partial charge in [0.05, 0.1) is 10.9 Å². The largest absolute Gasteiger partial charge is 0.335 e. The van der Waals surface area contributed by atoms with Gasteiger partial charge in [-0.05, 0) is 42.2 Å². The molecule has 0 saturated carbocycles. The number of amides is 1. The molecule has 0 aromatic heterocycles. The monoisotopic (exact) mass is 329 g/mol. The minimum atomic E-state index is -3.32. The van der Waals surface area contributed by atoms with Crippen molar-refractivity contribution in [3.05, 3.63) is 65.2 Å². The van der Waals surface area contributed by atoms with Crippen LogP contribution in [0.5, 0.6) is 0 Å². The Morgan fingerprint density at radius 1 is 1.13 bits per heavy atom. The first-order valence-electron chi connectivity index (χ1n) is 7.53. The summed E-state index contributed by atoms with van der Waals surface area (Å²) in [5.74, 6) is -0.155. The number of rotatable bonds is 3. The van der Waals surface area contributed by atoms with Crippen molar-refractivity contribution in [1.29, 1.82) is 0 Å². The Kier molecular flexibility index (Phi) is 3.98. The van der Waals surface area contributed by atoms with Crippen molar-refractivity contribution in [3.8, 4) is 0 Å². The van der Waals surface area contributed by atoms with Crippen LogP contribution in [0.15, 0.2) is 53.4 Å². The Morgan fingerprint density at radius 2 is 1.87 bits per heavy atom. The van der Waals surface area contributed by atoms with E-state index in [0.29, 0.717) is 5.56 Å². The van der Waals surface area contributed by atoms with Gasteiger partial charge in [-0.25, -0.2) is 8.42 Å². The van der Waals surface area contributed by atoms with E-state index < -0.39 is 9.84 Å². The van der Waals surface area contributed by atoms with E-state index in [2.05, 4.69) is 12.1 Å². The van der Waals surface area contributed by atoms with E-state index in [4.69, 9.17) is 0 Å². The molecule has 2 aromatic carbocycles. The summed E-state index contributed by atoms with van der Waals surface area (Å²) in [4.78, 5) is 14.6. The molecule has 0 unspecified atom stereocenters. The second kappa shape index (κ2) is 5.81. The van der Waals surface area contributed by atoms with E-state index in [0.717, 1.165) is 19.1 Å². The number of nitrogens with zero attached hydrogens (tertiary/aromatic N) is 1. The first-order valence-corrected chi connectivity index (χ1v) is 9.42. The third kappa shape index (κ3) is 3.01. The lowest BCUT2D eigenvalue weighted by atomic mass is 10.1. The number of hydrogen-bond acceptors (Lipinski definition) is 3. The summed E-state index contributed by atoms with van der Waals surface area (Å²) in [6, 6.07) is 14.4. The second-order valence-electron chi connectivity index (χ2n) is 5.97. The molecule has 1 aliphatic rings. The van der Waals surface area contributed by atoms with Crippen LogP contribution >= 0.6 is 0 Å². The van der Waals surface area contributed by atoms with E-state index in [1.165, 1.54) is 23.3 Å². The average Bonchev–Trinajstić information content (AvgIpc) is 2.97. The van der Waals surface area contributed by atoms with Crippen LogP contribution < -0.4 is 0 Å². The highest BCUT2D eigenvalue weighted by Crippen LogP contribution is 2.35. The first kappa shape index (κ1) is 15.7. The molecule has 0 aliphatic heterocycles. The van der Waals surface area contributed by atoms with Gasteiger partial charge in [-0.2, -0.15) is 0 Å². The molecule has 0 spiro atoms. The third-order valence-corrected chi connectivity index (χ3v) is 5.51. The predicted octanol–water partition coefficient (Wildman–Crippen LogP) is 2.85. The van der Waals surface area contributed by atoms with Crippen LogP contribution in [0, 0.1) is 0 Å². The summed E-state index contributed by atoms with van der Waals surface area (Å²) < 4.78 is 23.3. The lowest BCUT2D eigenvalue weighted by molar-refractivity contribution is 0.0730. The summed E-state index contributed by atoms with van der Waals surface area (Å²) in [6.45, 7) is 0. The van der Waals surface area contributed by atoms with Gasteiger partial charge in [0.2, 0.25) is 0 Å². The van der Waals surface area contributed by atoms with Crippen molar-refractivity contribution in [2.24, 2.45) is 0 Å². The number of benzene rings is 2. The normalized spacial score (nSPS) is 16.9. The van der Waals surface area contributed by atoms with Gasteiger partial charge in [0.1, 0.15) is 0 Å². The fourth-order valence-corrected chi connectivity index (χ4v) is 3.81. The highest BCUT2D eigenvalue weighted by molar-refractivity contribution is 7.90. The molecule has 4 nitrogen and oxygen atoms in total. The smallest absolute Gasteiger partial charge is 0.254 e. The van der Waals surface area contributed by atoms with E-state index >= 15 is 0 Å². The highest BCUT2D eigenvalue weighted by Gasteiger charge is 2.29. The number of sulfone groups is 1. The van der Waals surface area contributed by atoms with Crippen molar-refractivity contribution >= 4 is 15.7 Å². The molecule has 0 bridgehead atoms. The van der Waals surface area contributed by atoms with Crippen LogP contribution in [0.25, 0.3) is 0 Å². The summed E-state index contributed by atoms with van der Waals surface area (Å²) in [7, 11) is -1.54. The lowest BCUT2D eigenvalue weighted by Gasteiger charge is -2.25. The van der Waals surface area contributed by atoms with Gasteiger partial charge in [0, 0.05) is 18.9 Å². The molecule has 2 aromatic rings. The zero-order valence-electron chi connectivity index (χ0n) is 13.2. The molecule has 3 rings (SSSR count). The van der Waals surface area contributed by atoms with Crippen LogP contribution in [-0.4, -0.2) is 32.5 Å². The van der Waals surface area contributed by atoms with Crippen LogP contribution in [-0.2, 0) is 16.3 Å². The van der Waals surface area contributed by atoms with E-state index in [1.54, 1.807) is 24.1 Å². The van der Waals surface area contributed by atoms with Crippen LogP contribution in [0.2, 0.25) is 0 Å². The van der Waals surface area contributed by atoms with Crippen molar-refractivity contribution in [3.63, 3.8) is 0 Å². The minimum Gasteiger partial charge on any atom is -0.335 e. The molecule has 1 aliphatic carbocycles. The molecule has 120 valence electrons. The average molecular weight is 329 g/mol. The van der Waals surface area contributed by atoms with Crippen molar-refractivity contribution < 1.29 is 13.2 Å². The molecule has 1 atom stereocenters. The maximum absolute atomic E-state index is 12.8. The molecular weight excluding hydrogens is 310 g/mol. The fraction of sp³-hybridized carbons (Fsp3) is 0.278. The molecule has 0 fully saturated rings. The summed E-state index contributed by atoms with van der Waals surface area (Å²) >= 11 is 0. The van der Waals surface area contributed by atoms with Crippen molar-refractivity contribution in [2.75, 3.05) is 13.3 Å². The summed E-state index contributed by atoms with van der Waals surface area (Å²) in [5.41, 5.74) is 2.87. The van der Waals surface area contributed by atoms with E-state index in [9.17, 15) is 13.2 Å². The molecular formula is C18H19NO3S. The molecule has 0 N–H and O–H groups in total. The number of aryl methyl sites for hydroxylation is 1. The van der Waals surface area contributed by atoms with Gasteiger partial charge in [-0.15, -0.1) is 0 Å². The number of carbonyl (C=O) groups excluding carboxylic acids is 1. The standard InChI is InChI=1S/C18H19NO3S/c1-19(17-11-10-13-6-3-4-9-16(13)17)18(20)14-7-5-8-15(12-14)23(2,21)22/h3-9,12,17H,10-11H2,1-2H3/t17-/m1/s1. The van der Waals surface area contributed by atoms with E-state index in [-0.39, 0.29) is 16.8 Å². The first-order chi connectivity index (χ1) is 10.9. The van der Waals surface area contributed by atoms with Gasteiger partial charge >= 0.3 is 0 Å². The molecule has 0 saturated heterocycles. The van der Waals surface area contributed by atoms with Crippen LogP contribution in [0.4, 0.5) is 0 Å². The zero-order chi connectivity index (χ0) is 16.6. The quantitative estimate of drug-likeness (QED) is 0.870. The third-order valence-electron chi connectivity index (χ3n) is 4.40. The maximum atomic E-state index is 12.8. The van der Waals surface area contributed by atoms with Gasteiger partial charge in [-0.3, -0.25) is 4.79 Å². The topological polar surface area (TPSA) is 54.5 Å². The van der Waals surface area contributed by atoms with Gasteiger partial charge in [-0.1, -0.05) is 30.3 Å². The Hall–Kier alpha value is -2.14. The lowest BCUT2D eigenvalue weighted by Crippen LogP contribution is -2.30. The Balaban J connectivity index is 1.90. The predicted molar refractivity (Wildman–Crippen MR) is 89.1 cm³/mol. The Labute approximate surface area is 136 Å². The molecule has 1 amide bonds. The highest BCUT2D eigenvalue weighted by atomic mass is 32.2. The fourth-order valence-electron chi connectivity index (χ4n) is 3.14. The number of carbonyl (C=O) groups is 1. The van der Waals surface area contributed by atoms with Gasteiger partial charge in [0.25, 0.3) is 5.91 Å². The van der Waals surface area contributed by atoms with Crippen molar-refractivity contribution in [2.45, 2.75) is 23.8 Å². The van der Waals surface area contributed by atoms with Gasteiger partial charge < -0.3 is 4.90 Å². The van der Waals surface area contributed by atoms with Crippen LogP contribution in [0.1, 0.15) is 33.9 Å². The zero-order valence-corrected chi connectivity index (χ0v) is 14.0. The number of fused-ring (bicyclic) bond motifs is 1. The Bertz CT molecular complexity index is 858. The maximum Gasteiger partial charge on any atom is 0.254 e. The summed E-state index contributed by atoms with van der Waals surface area (Å²) in [6.07, 6.45) is 3.00. The summed E-state index contributed by atoms with van der Waals surface area (Å²) in [5, 5.41) is 0.